The maximum Gasteiger partial charge on any atom is 0.238 e. The van der Waals surface area contributed by atoms with Crippen LogP contribution in [0.25, 0.3) is 0 Å². The summed E-state index contributed by atoms with van der Waals surface area (Å²) in [4.78, 5) is 12.3. The van der Waals surface area contributed by atoms with E-state index in [1.807, 2.05) is 0 Å². The van der Waals surface area contributed by atoms with Gasteiger partial charge in [-0.3, -0.25) is 4.79 Å². The molecular formula is C14H19N3O3S. The number of primary sulfonamides is 1. The molecule has 2 aliphatic rings. The number of nitrogens with one attached hydrogen (secondary N) is 2. The molecule has 7 heteroatoms. The van der Waals surface area contributed by atoms with Crippen molar-refractivity contribution >= 4 is 21.6 Å². The van der Waals surface area contributed by atoms with Gasteiger partial charge in [0.1, 0.15) is 0 Å². The third kappa shape index (κ3) is 2.95. The van der Waals surface area contributed by atoms with Gasteiger partial charge in [0.05, 0.1) is 4.90 Å². The van der Waals surface area contributed by atoms with E-state index in [2.05, 4.69) is 10.6 Å². The predicted molar refractivity (Wildman–Crippen MR) is 79.1 cm³/mol. The highest BCUT2D eigenvalue weighted by Gasteiger charge is 2.57. The van der Waals surface area contributed by atoms with Crippen molar-refractivity contribution in [1.82, 2.24) is 5.32 Å². The van der Waals surface area contributed by atoms with Gasteiger partial charge in [0.25, 0.3) is 0 Å². The number of hydrogen-bond acceptors (Lipinski definition) is 4. The van der Waals surface area contributed by atoms with E-state index in [-0.39, 0.29) is 22.1 Å². The first-order chi connectivity index (χ1) is 9.91. The van der Waals surface area contributed by atoms with Crippen molar-refractivity contribution in [2.45, 2.75) is 24.2 Å². The Morgan fingerprint density at radius 2 is 1.86 bits per heavy atom. The molecule has 3 rings (SSSR count). The Morgan fingerprint density at radius 3 is 2.43 bits per heavy atom. The van der Waals surface area contributed by atoms with Crippen LogP contribution in [0.3, 0.4) is 0 Å². The fourth-order valence-electron chi connectivity index (χ4n) is 3.15. The van der Waals surface area contributed by atoms with Crippen molar-refractivity contribution in [2.24, 2.45) is 16.5 Å². The minimum absolute atomic E-state index is 0.0280. The van der Waals surface area contributed by atoms with Crippen LogP contribution in [0, 0.1) is 11.3 Å². The van der Waals surface area contributed by atoms with Crippen LogP contribution >= 0.6 is 0 Å². The Bertz CT molecular complexity index is 649. The van der Waals surface area contributed by atoms with E-state index >= 15 is 0 Å². The Morgan fingerprint density at radius 1 is 1.24 bits per heavy atom. The Kier molecular flexibility index (Phi) is 3.51. The molecular weight excluding hydrogens is 290 g/mol. The second-order valence-corrected chi connectivity index (χ2v) is 7.49. The molecule has 0 bridgehead atoms. The van der Waals surface area contributed by atoms with Crippen LogP contribution in [-0.4, -0.2) is 27.4 Å². The number of sulfonamides is 1. The van der Waals surface area contributed by atoms with Gasteiger partial charge in [-0.15, -0.1) is 0 Å². The third-order valence-electron chi connectivity index (χ3n) is 4.56. The molecule has 0 aromatic heterocycles. The van der Waals surface area contributed by atoms with Crippen LogP contribution < -0.4 is 15.8 Å². The second kappa shape index (κ2) is 5.08. The number of amides is 1. The van der Waals surface area contributed by atoms with E-state index in [4.69, 9.17) is 5.14 Å². The van der Waals surface area contributed by atoms with Crippen molar-refractivity contribution < 1.29 is 13.2 Å². The summed E-state index contributed by atoms with van der Waals surface area (Å²) in [5, 5.41) is 11.2. The Balaban J connectivity index is 1.63. The molecule has 1 amide bonds. The zero-order valence-electron chi connectivity index (χ0n) is 11.6. The van der Waals surface area contributed by atoms with E-state index < -0.39 is 10.0 Å². The molecule has 4 N–H and O–H groups in total. The molecule has 21 heavy (non-hydrogen) atoms. The van der Waals surface area contributed by atoms with Crippen LogP contribution in [0.4, 0.5) is 5.69 Å². The average Bonchev–Trinajstić information content (AvgIpc) is 3.13. The van der Waals surface area contributed by atoms with Gasteiger partial charge in [0, 0.05) is 11.6 Å². The highest BCUT2D eigenvalue weighted by Crippen LogP contribution is 2.58. The average molecular weight is 309 g/mol. The quantitative estimate of drug-likeness (QED) is 0.763. The van der Waals surface area contributed by atoms with Gasteiger partial charge in [0.15, 0.2) is 0 Å². The largest absolute Gasteiger partial charge is 0.326 e. The predicted octanol–water partition coefficient (Wildman–Crippen LogP) is 0.662. The van der Waals surface area contributed by atoms with Gasteiger partial charge in [0.2, 0.25) is 15.9 Å². The molecule has 1 aromatic rings. The van der Waals surface area contributed by atoms with Crippen LogP contribution in [0.2, 0.25) is 0 Å². The maximum atomic E-state index is 12.3. The van der Waals surface area contributed by atoms with E-state index in [1.54, 1.807) is 12.1 Å². The summed E-state index contributed by atoms with van der Waals surface area (Å²) in [5.41, 5.74) is 0.791. The molecule has 1 saturated carbocycles. The monoisotopic (exact) mass is 309 g/mol. The number of anilines is 1. The summed E-state index contributed by atoms with van der Waals surface area (Å²) in [6.07, 6.45) is 3.06. The van der Waals surface area contributed by atoms with Crippen molar-refractivity contribution in [2.75, 3.05) is 18.4 Å². The van der Waals surface area contributed by atoms with Gasteiger partial charge in [-0.05, 0) is 62.0 Å². The lowest BCUT2D eigenvalue weighted by Crippen LogP contribution is -2.31. The van der Waals surface area contributed by atoms with E-state index in [0.717, 1.165) is 32.4 Å². The zero-order valence-corrected chi connectivity index (χ0v) is 12.4. The van der Waals surface area contributed by atoms with E-state index in [0.29, 0.717) is 5.69 Å². The SMILES string of the molecule is NS(=O)(=O)c1ccc(NC(=O)C2CC23CCNCC3)cc1. The van der Waals surface area contributed by atoms with Gasteiger partial charge in [-0.25, -0.2) is 13.6 Å². The van der Waals surface area contributed by atoms with E-state index in [1.165, 1.54) is 12.1 Å². The summed E-state index contributed by atoms with van der Waals surface area (Å²) < 4.78 is 22.3. The molecule has 1 heterocycles. The number of hydrogen-bond donors (Lipinski definition) is 3. The number of piperidine rings is 1. The lowest BCUT2D eigenvalue weighted by molar-refractivity contribution is -0.118. The van der Waals surface area contributed by atoms with Crippen molar-refractivity contribution in [3.63, 3.8) is 0 Å². The molecule has 6 nitrogen and oxygen atoms in total. The Hall–Kier alpha value is -1.44. The molecule has 1 aliphatic heterocycles. The minimum atomic E-state index is -3.69. The molecule has 1 atom stereocenters. The third-order valence-corrected chi connectivity index (χ3v) is 5.49. The summed E-state index contributed by atoms with van der Waals surface area (Å²) in [6.45, 7) is 1.96. The Labute approximate surface area is 124 Å². The van der Waals surface area contributed by atoms with Crippen LogP contribution in [-0.2, 0) is 14.8 Å². The zero-order chi connectivity index (χ0) is 15.1. The first-order valence-electron chi connectivity index (χ1n) is 7.05. The minimum Gasteiger partial charge on any atom is -0.326 e. The smallest absolute Gasteiger partial charge is 0.238 e. The maximum absolute atomic E-state index is 12.3. The summed E-state index contributed by atoms with van der Waals surface area (Å²) in [7, 11) is -3.69. The molecule has 114 valence electrons. The lowest BCUT2D eigenvalue weighted by Gasteiger charge is -2.23. The second-order valence-electron chi connectivity index (χ2n) is 5.93. The molecule has 1 spiro atoms. The van der Waals surface area contributed by atoms with Gasteiger partial charge < -0.3 is 10.6 Å². The molecule has 1 saturated heterocycles. The topological polar surface area (TPSA) is 101 Å². The first kappa shape index (κ1) is 14.5. The first-order valence-corrected chi connectivity index (χ1v) is 8.60. The fraction of sp³-hybridized carbons (Fsp3) is 0.500. The van der Waals surface area contributed by atoms with Crippen LogP contribution in [0.15, 0.2) is 29.2 Å². The molecule has 1 aromatic carbocycles. The number of carbonyl (C=O) groups excluding carboxylic acids is 1. The summed E-state index contributed by atoms with van der Waals surface area (Å²) >= 11 is 0. The van der Waals surface area contributed by atoms with Gasteiger partial charge in [-0.1, -0.05) is 0 Å². The number of nitrogens with two attached hydrogens (primary N) is 1. The summed E-state index contributed by atoms with van der Waals surface area (Å²) in [6, 6.07) is 5.93. The van der Waals surface area contributed by atoms with Crippen LogP contribution in [0.1, 0.15) is 19.3 Å². The summed E-state index contributed by atoms with van der Waals surface area (Å²) in [5.74, 6) is 0.109. The van der Waals surface area contributed by atoms with Crippen molar-refractivity contribution in [1.29, 1.82) is 0 Å². The van der Waals surface area contributed by atoms with Crippen molar-refractivity contribution in [3.05, 3.63) is 24.3 Å². The van der Waals surface area contributed by atoms with E-state index in [9.17, 15) is 13.2 Å². The number of carbonyl (C=O) groups is 1. The standard InChI is InChI=1S/C14H19N3O3S/c15-21(19,20)11-3-1-10(2-4-11)17-13(18)12-9-14(12)5-7-16-8-6-14/h1-4,12,16H,5-9H2,(H,17,18)(H2,15,19,20). The highest BCUT2D eigenvalue weighted by atomic mass is 32.2. The number of benzene rings is 1. The van der Waals surface area contributed by atoms with Gasteiger partial charge in [-0.2, -0.15) is 0 Å². The fourth-order valence-corrected chi connectivity index (χ4v) is 3.67. The molecule has 1 aliphatic carbocycles. The molecule has 2 fully saturated rings. The van der Waals surface area contributed by atoms with Crippen molar-refractivity contribution in [3.8, 4) is 0 Å². The lowest BCUT2D eigenvalue weighted by atomic mass is 9.92. The number of rotatable bonds is 3. The van der Waals surface area contributed by atoms with Gasteiger partial charge >= 0.3 is 0 Å². The van der Waals surface area contributed by atoms with Crippen LogP contribution in [0.5, 0.6) is 0 Å². The normalized spacial score (nSPS) is 23.8. The molecule has 1 unspecified atom stereocenters. The molecule has 0 radical (unpaired) electrons. The highest BCUT2D eigenvalue weighted by molar-refractivity contribution is 7.89.